The smallest absolute Gasteiger partial charge is 0.140 e. The molecule has 3 N–H and O–H groups in total. The molecule has 2 aromatic rings. The minimum absolute atomic E-state index is 0.699. The van der Waals surface area contributed by atoms with Crippen LogP contribution in [0.15, 0.2) is 34.9 Å². The number of benzene rings is 1. The normalized spacial score (nSPS) is 10.5. The van der Waals surface area contributed by atoms with E-state index in [2.05, 4.69) is 57.4 Å². The molecule has 0 aliphatic rings. The lowest BCUT2D eigenvalue weighted by Gasteiger charge is -2.11. The van der Waals surface area contributed by atoms with Crippen molar-refractivity contribution < 1.29 is 0 Å². The van der Waals surface area contributed by atoms with Crippen molar-refractivity contribution in [3.8, 4) is 0 Å². The van der Waals surface area contributed by atoms with E-state index in [0.29, 0.717) is 5.69 Å². The zero-order valence-electron chi connectivity index (χ0n) is 11.2. The first-order chi connectivity index (χ1) is 9.11. The molecular weight excluding hydrogens is 302 g/mol. The van der Waals surface area contributed by atoms with E-state index in [1.165, 1.54) is 11.1 Å². The largest absolute Gasteiger partial charge is 0.397 e. The number of nitrogens with two attached hydrogens (primary N) is 1. The van der Waals surface area contributed by atoms with Crippen molar-refractivity contribution in [2.45, 2.75) is 26.8 Å². The molecule has 0 aliphatic heterocycles. The molecular formula is C15H18BrN3. The highest BCUT2D eigenvalue weighted by Crippen LogP contribution is 2.27. The van der Waals surface area contributed by atoms with E-state index in [1.807, 2.05) is 6.92 Å². The topological polar surface area (TPSA) is 50.9 Å². The van der Waals surface area contributed by atoms with Gasteiger partial charge in [-0.25, -0.2) is 4.98 Å². The fourth-order valence-electron chi connectivity index (χ4n) is 1.79. The second kappa shape index (κ2) is 6.06. The Balaban J connectivity index is 2.08. The van der Waals surface area contributed by atoms with Gasteiger partial charge in [-0.15, -0.1) is 0 Å². The molecule has 1 aromatic heterocycles. The van der Waals surface area contributed by atoms with Crippen molar-refractivity contribution in [2.75, 3.05) is 11.1 Å². The maximum Gasteiger partial charge on any atom is 0.140 e. The summed E-state index contributed by atoms with van der Waals surface area (Å²) in [5.41, 5.74) is 10.1. The van der Waals surface area contributed by atoms with E-state index in [9.17, 15) is 0 Å². The summed E-state index contributed by atoms with van der Waals surface area (Å²) < 4.78 is 0.928. The molecule has 0 bridgehead atoms. The van der Waals surface area contributed by atoms with Gasteiger partial charge in [-0.1, -0.05) is 31.2 Å². The number of nitrogens with zero attached hydrogens (tertiary/aromatic N) is 1. The molecule has 1 heterocycles. The number of anilines is 2. The predicted octanol–water partition coefficient (Wildman–Crippen LogP) is 3.91. The van der Waals surface area contributed by atoms with Gasteiger partial charge >= 0.3 is 0 Å². The van der Waals surface area contributed by atoms with Crippen LogP contribution in [0.4, 0.5) is 11.5 Å². The van der Waals surface area contributed by atoms with Gasteiger partial charge in [-0.3, -0.25) is 0 Å². The van der Waals surface area contributed by atoms with Crippen molar-refractivity contribution >= 4 is 27.4 Å². The summed E-state index contributed by atoms with van der Waals surface area (Å²) in [6, 6.07) is 8.61. The van der Waals surface area contributed by atoms with Gasteiger partial charge in [0.1, 0.15) is 5.82 Å². The lowest BCUT2D eigenvalue weighted by molar-refractivity contribution is 1.08. The third-order valence-corrected chi connectivity index (χ3v) is 4.16. The summed E-state index contributed by atoms with van der Waals surface area (Å²) in [4.78, 5) is 4.30. The highest BCUT2D eigenvalue weighted by Gasteiger charge is 2.06. The quantitative estimate of drug-likeness (QED) is 0.898. The highest BCUT2D eigenvalue weighted by molar-refractivity contribution is 9.10. The number of nitrogens with one attached hydrogen (secondary N) is 1. The van der Waals surface area contributed by atoms with Crippen LogP contribution in [-0.4, -0.2) is 4.98 Å². The maximum atomic E-state index is 5.81. The van der Waals surface area contributed by atoms with Crippen molar-refractivity contribution in [1.29, 1.82) is 0 Å². The standard InChI is InChI=1S/C15H18BrN3/c1-3-11-4-6-12(7-5-11)8-18-15-14(16)10(2)13(17)9-19-15/h4-7,9H,3,8,17H2,1-2H3,(H,18,19). The van der Waals surface area contributed by atoms with E-state index in [1.54, 1.807) is 6.20 Å². The Hall–Kier alpha value is -1.55. The summed E-state index contributed by atoms with van der Waals surface area (Å²) in [6.07, 6.45) is 2.75. The van der Waals surface area contributed by atoms with E-state index in [-0.39, 0.29) is 0 Å². The van der Waals surface area contributed by atoms with Crippen LogP contribution >= 0.6 is 15.9 Å². The van der Waals surface area contributed by atoms with Crippen LogP contribution < -0.4 is 11.1 Å². The first-order valence-corrected chi connectivity index (χ1v) is 7.13. The molecule has 3 nitrogen and oxygen atoms in total. The van der Waals surface area contributed by atoms with Crippen molar-refractivity contribution in [2.24, 2.45) is 0 Å². The summed E-state index contributed by atoms with van der Waals surface area (Å²) in [6.45, 7) is 4.88. The molecule has 0 spiro atoms. The molecule has 1 aromatic carbocycles. The van der Waals surface area contributed by atoms with E-state index < -0.39 is 0 Å². The Kier molecular flexibility index (Phi) is 4.43. The monoisotopic (exact) mass is 319 g/mol. The minimum atomic E-state index is 0.699. The Morgan fingerprint density at radius 3 is 2.47 bits per heavy atom. The highest BCUT2D eigenvalue weighted by atomic mass is 79.9. The molecule has 4 heteroatoms. The van der Waals surface area contributed by atoms with Gasteiger partial charge in [0, 0.05) is 6.54 Å². The number of nitrogen functional groups attached to an aromatic ring is 1. The van der Waals surface area contributed by atoms with Crippen molar-refractivity contribution in [3.63, 3.8) is 0 Å². The van der Waals surface area contributed by atoms with Crippen LogP contribution in [0.3, 0.4) is 0 Å². The fourth-order valence-corrected chi connectivity index (χ4v) is 2.27. The molecule has 0 atom stereocenters. The SMILES string of the molecule is CCc1ccc(CNc2ncc(N)c(C)c2Br)cc1. The van der Waals surface area contributed by atoms with Crippen molar-refractivity contribution in [1.82, 2.24) is 4.98 Å². The number of hydrogen-bond donors (Lipinski definition) is 2. The van der Waals surface area contributed by atoms with Crippen LogP contribution in [0.2, 0.25) is 0 Å². The fraction of sp³-hybridized carbons (Fsp3) is 0.267. The van der Waals surface area contributed by atoms with Crippen molar-refractivity contribution in [3.05, 3.63) is 51.6 Å². The Morgan fingerprint density at radius 1 is 1.21 bits per heavy atom. The molecule has 0 aliphatic carbocycles. The molecule has 100 valence electrons. The van der Waals surface area contributed by atoms with E-state index >= 15 is 0 Å². The molecule has 0 saturated carbocycles. The van der Waals surface area contributed by atoms with Gasteiger partial charge in [-0.05, 0) is 46.0 Å². The number of pyridine rings is 1. The van der Waals surface area contributed by atoms with Crippen LogP contribution in [0, 0.1) is 6.92 Å². The van der Waals surface area contributed by atoms with Crippen LogP contribution in [0.1, 0.15) is 23.6 Å². The lowest BCUT2D eigenvalue weighted by Crippen LogP contribution is -2.04. The molecule has 0 unspecified atom stereocenters. The number of hydrogen-bond acceptors (Lipinski definition) is 3. The number of aryl methyl sites for hydroxylation is 1. The third-order valence-electron chi connectivity index (χ3n) is 3.19. The van der Waals surface area contributed by atoms with Gasteiger partial charge in [0.15, 0.2) is 0 Å². The number of rotatable bonds is 4. The third kappa shape index (κ3) is 3.26. The van der Waals surface area contributed by atoms with E-state index in [4.69, 9.17) is 5.73 Å². The first-order valence-electron chi connectivity index (χ1n) is 6.34. The summed E-state index contributed by atoms with van der Waals surface area (Å²) >= 11 is 3.52. The minimum Gasteiger partial charge on any atom is -0.397 e. The van der Waals surface area contributed by atoms with Crippen LogP contribution in [0.5, 0.6) is 0 Å². The maximum absolute atomic E-state index is 5.81. The Morgan fingerprint density at radius 2 is 1.84 bits per heavy atom. The number of aromatic nitrogens is 1. The zero-order valence-corrected chi connectivity index (χ0v) is 12.8. The Bertz CT molecular complexity index is 564. The van der Waals surface area contributed by atoms with Gasteiger partial charge < -0.3 is 11.1 Å². The van der Waals surface area contributed by atoms with Gasteiger partial charge in [0.05, 0.1) is 16.4 Å². The molecule has 0 saturated heterocycles. The molecule has 0 fully saturated rings. The number of halogens is 1. The second-order valence-corrected chi connectivity index (χ2v) is 5.32. The summed E-state index contributed by atoms with van der Waals surface area (Å²) in [5, 5.41) is 3.32. The predicted molar refractivity (Wildman–Crippen MR) is 84.2 cm³/mol. The van der Waals surface area contributed by atoms with Crippen LogP contribution in [-0.2, 0) is 13.0 Å². The Labute approximate surface area is 122 Å². The summed E-state index contributed by atoms with van der Waals surface area (Å²) in [5.74, 6) is 0.825. The van der Waals surface area contributed by atoms with E-state index in [0.717, 1.165) is 28.8 Å². The zero-order chi connectivity index (χ0) is 13.8. The average Bonchev–Trinajstić information content (AvgIpc) is 2.45. The first kappa shape index (κ1) is 13.9. The van der Waals surface area contributed by atoms with Gasteiger partial charge in [0.2, 0.25) is 0 Å². The van der Waals surface area contributed by atoms with Gasteiger partial charge in [0.25, 0.3) is 0 Å². The van der Waals surface area contributed by atoms with Crippen LogP contribution in [0.25, 0.3) is 0 Å². The lowest BCUT2D eigenvalue weighted by atomic mass is 10.1. The van der Waals surface area contributed by atoms with Gasteiger partial charge in [-0.2, -0.15) is 0 Å². The molecule has 0 amide bonds. The molecule has 2 rings (SSSR count). The molecule has 0 radical (unpaired) electrons. The average molecular weight is 320 g/mol. The molecule has 19 heavy (non-hydrogen) atoms. The second-order valence-electron chi connectivity index (χ2n) is 4.52. The summed E-state index contributed by atoms with van der Waals surface area (Å²) in [7, 11) is 0.